The molecule has 25 heavy (non-hydrogen) atoms. The largest absolute Gasteiger partial charge is 0.481 e. The van der Waals surface area contributed by atoms with Gasteiger partial charge in [-0.15, -0.1) is 0 Å². The van der Waals surface area contributed by atoms with Crippen LogP contribution in [0.2, 0.25) is 0 Å². The molecule has 134 valence electrons. The summed E-state index contributed by atoms with van der Waals surface area (Å²) in [6.07, 6.45) is 2.40. The topological polar surface area (TPSA) is 96.7 Å². The van der Waals surface area contributed by atoms with E-state index in [0.29, 0.717) is 6.54 Å². The number of amides is 1. The van der Waals surface area contributed by atoms with Crippen molar-refractivity contribution in [2.75, 3.05) is 13.1 Å². The Bertz CT molecular complexity index is 869. The molecule has 0 aliphatic carbocycles. The third-order valence-corrected chi connectivity index (χ3v) is 5.43. The van der Waals surface area contributed by atoms with E-state index >= 15 is 0 Å². The molecule has 0 saturated carbocycles. The predicted molar refractivity (Wildman–Crippen MR) is 92.0 cm³/mol. The Balaban J connectivity index is 2.24. The molecule has 0 spiro atoms. The van der Waals surface area contributed by atoms with Crippen molar-refractivity contribution in [3.05, 3.63) is 53.9 Å². The van der Waals surface area contributed by atoms with Crippen molar-refractivity contribution in [1.82, 2.24) is 8.87 Å². The second kappa shape index (κ2) is 7.52. The molecule has 1 heterocycles. The minimum absolute atomic E-state index is 0.0700. The number of carboxylic acid groups (broad SMARTS) is 1. The predicted octanol–water partition coefficient (Wildman–Crippen LogP) is 1.97. The molecule has 8 heteroatoms. The maximum absolute atomic E-state index is 12.6. The number of aryl methyl sites for hydroxylation is 1. The first-order chi connectivity index (χ1) is 11.8. The van der Waals surface area contributed by atoms with Gasteiger partial charge < -0.3 is 10.0 Å². The van der Waals surface area contributed by atoms with Gasteiger partial charge in [-0.25, -0.2) is 12.4 Å². The SMILES string of the molecule is CCN(CCC(=O)O)C(=O)c1ccn(S(=O)(=O)c2ccc(C)cc2)c1. The monoisotopic (exact) mass is 364 g/mol. The molecule has 1 aromatic heterocycles. The number of hydrogen-bond acceptors (Lipinski definition) is 4. The molecule has 0 unspecified atom stereocenters. The van der Waals surface area contributed by atoms with Crippen LogP contribution in [0.4, 0.5) is 0 Å². The lowest BCUT2D eigenvalue weighted by molar-refractivity contribution is -0.137. The lowest BCUT2D eigenvalue weighted by Crippen LogP contribution is -2.32. The van der Waals surface area contributed by atoms with Crippen LogP contribution in [0.1, 0.15) is 29.3 Å². The highest BCUT2D eigenvalue weighted by Crippen LogP contribution is 2.17. The standard InChI is InChI=1S/C17H20N2O5S/c1-3-18(10-9-16(20)21)17(22)14-8-11-19(12-14)25(23,24)15-6-4-13(2)5-7-15/h4-8,11-12H,3,9-10H2,1-2H3,(H,20,21). The van der Waals surface area contributed by atoms with Crippen molar-refractivity contribution in [3.8, 4) is 0 Å². The fraction of sp³-hybridized carbons (Fsp3) is 0.294. The molecule has 0 fully saturated rings. The Morgan fingerprint density at radius 3 is 2.36 bits per heavy atom. The van der Waals surface area contributed by atoms with E-state index in [4.69, 9.17) is 5.11 Å². The van der Waals surface area contributed by atoms with Crippen molar-refractivity contribution < 1.29 is 23.1 Å². The highest BCUT2D eigenvalue weighted by molar-refractivity contribution is 7.90. The fourth-order valence-electron chi connectivity index (χ4n) is 2.30. The molecule has 0 radical (unpaired) electrons. The molecule has 1 aromatic carbocycles. The summed E-state index contributed by atoms with van der Waals surface area (Å²) in [5.41, 5.74) is 1.14. The average Bonchev–Trinajstić information content (AvgIpc) is 3.06. The van der Waals surface area contributed by atoms with E-state index in [9.17, 15) is 18.0 Å². The van der Waals surface area contributed by atoms with Crippen LogP contribution in [0.15, 0.2) is 47.6 Å². The highest BCUT2D eigenvalue weighted by Gasteiger charge is 2.21. The van der Waals surface area contributed by atoms with Crippen LogP contribution in [0.5, 0.6) is 0 Å². The van der Waals surface area contributed by atoms with Gasteiger partial charge in [-0.05, 0) is 32.0 Å². The third kappa shape index (κ3) is 4.27. The van der Waals surface area contributed by atoms with Crippen LogP contribution in [-0.2, 0) is 14.8 Å². The fourth-order valence-corrected chi connectivity index (χ4v) is 3.50. The lowest BCUT2D eigenvalue weighted by Gasteiger charge is -2.19. The van der Waals surface area contributed by atoms with Crippen molar-refractivity contribution in [2.24, 2.45) is 0 Å². The summed E-state index contributed by atoms with van der Waals surface area (Å²) >= 11 is 0. The first-order valence-electron chi connectivity index (χ1n) is 7.77. The Labute approximate surface area is 146 Å². The molecule has 0 aliphatic heterocycles. The number of aliphatic carboxylic acids is 1. The van der Waals surface area contributed by atoms with Crippen LogP contribution in [0.3, 0.4) is 0 Å². The maximum Gasteiger partial charge on any atom is 0.305 e. The maximum atomic E-state index is 12.6. The number of hydrogen-bond donors (Lipinski definition) is 1. The summed E-state index contributed by atoms with van der Waals surface area (Å²) in [6.45, 7) is 4.00. The molecule has 0 bridgehead atoms. The minimum atomic E-state index is -3.77. The van der Waals surface area contributed by atoms with E-state index in [0.717, 1.165) is 9.54 Å². The van der Waals surface area contributed by atoms with Gasteiger partial charge in [0.05, 0.1) is 16.9 Å². The Morgan fingerprint density at radius 2 is 1.80 bits per heavy atom. The number of carboxylic acids is 1. The molecule has 7 nitrogen and oxygen atoms in total. The molecular weight excluding hydrogens is 344 g/mol. The summed E-state index contributed by atoms with van der Waals surface area (Å²) in [5, 5.41) is 8.75. The van der Waals surface area contributed by atoms with Gasteiger partial charge in [0.2, 0.25) is 0 Å². The van der Waals surface area contributed by atoms with E-state index in [1.165, 1.54) is 35.5 Å². The smallest absolute Gasteiger partial charge is 0.305 e. The zero-order valence-corrected chi connectivity index (χ0v) is 14.9. The Kier molecular flexibility index (Phi) is 5.63. The zero-order valence-electron chi connectivity index (χ0n) is 14.0. The molecule has 2 aromatic rings. The van der Waals surface area contributed by atoms with Gasteiger partial charge in [-0.2, -0.15) is 0 Å². The summed E-state index contributed by atoms with van der Waals surface area (Å²) in [6, 6.07) is 7.84. The van der Waals surface area contributed by atoms with Crippen LogP contribution in [0.25, 0.3) is 0 Å². The second-order valence-electron chi connectivity index (χ2n) is 5.58. The van der Waals surface area contributed by atoms with Gasteiger partial charge in [-0.3, -0.25) is 9.59 Å². The van der Waals surface area contributed by atoms with Gasteiger partial charge in [0.15, 0.2) is 0 Å². The summed E-state index contributed by atoms with van der Waals surface area (Å²) in [7, 11) is -3.77. The van der Waals surface area contributed by atoms with E-state index in [1.807, 2.05) is 6.92 Å². The molecule has 0 saturated heterocycles. The second-order valence-corrected chi connectivity index (χ2v) is 7.42. The first kappa shape index (κ1) is 18.7. The number of benzene rings is 1. The van der Waals surface area contributed by atoms with Gasteiger partial charge in [-0.1, -0.05) is 17.7 Å². The van der Waals surface area contributed by atoms with Crippen LogP contribution >= 0.6 is 0 Å². The van der Waals surface area contributed by atoms with E-state index < -0.39 is 21.9 Å². The van der Waals surface area contributed by atoms with Crippen LogP contribution in [0, 0.1) is 6.92 Å². The van der Waals surface area contributed by atoms with E-state index in [1.54, 1.807) is 19.1 Å². The molecule has 1 amide bonds. The van der Waals surface area contributed by atoms with Gasteiger partial charge in [0, 0.05) is 25.5 Å². The van der Waals surface area contributed by atoms with Gasteiger partial charge in [0.25, 0.3) is 15.9 Å². The minimum Gasteiger partial charge on any atom is -0.481 e. The van der Waals surface area contributed by atoms with Crippen molar-refractivity contribution in [2.45, 2.75) is 25.2 Å². The molecule has 1 N–H and O–H groups in total. The number of aromatic nitrogens is 1. The van der Waals surface area contributed by atoms with Crippen molar-refractivity contribution >= 4 is 21.9 Å². The number of carbonyl (C=O) groups excluding carboxylic acids is 1. The first-order valence-corrected chi connectivity index (χ1v) is 9.21. The molecular formula is C17H20N2O5S. The van der Waals surface area contributed by atoms with Crippen molar-refractivity contribution in [3.63, 3.8) is 0 Å². The molecule has 0 aliphatic rings. The Morgan fingerprint density at radius 1 is 1.16 bits per heavy atom. The molecule has 2 rings (SSSR count). The summed E-state index contributed by atoms with van der Waals surface area (Å²) < 4.78 is 26.2. The highest BCUT2D eigenvalue weighted by atomic mass is 32.2. The summed E-state index contributed by atoms with van der Waals surface area (Å²) in [5.74, 6) is -1.40. The van der Waals surface area contributed by atoms with Crippen LogP contribution in [-0.4, -0.2) is 47.4 Å². The average molecular weight is 364 g/mol. The van der Waals surface area contributed by atoms with Gasteiger partial charge >= 0.3 is 5.97 Å². The summed E-state index contributed by atoms with van der Waals surface area (Å²) in [4.78, 5) is 24.6. The normalized spacial score (nSPS) is 11.3. The lowest BCUT2D eigenvalue weighted by atomic mass is 10.2. The Hall–Kier alpha value is -2.61. The van der Waals surface area contributed by atoms with Gasteiger partial charge in [0.1, 0.15) is 0 Å². The van der Waals surface area contributed by atoms with Crippen molar-refractivity contribution in [1.29, 1.82) is 0 Å². The van der Waals surface area contributed by atoms with E-state index in [2.05, 4.69) is 0 Å². The zero-order chi connectivity index (χ0) is 18.6. The number of carbonyl (C=O) groups is 2. The number of rotatable bonds is 7. The quantitative estimate of drug-likeness (QED) is 0.810. The van der Waals surface area contributed by atoms with Crippen LogP contribution < -0.4 is 0 Å². The molecule has 0 atom stereocenters. The van der Waals surface area contributed by atoms with E-state index in [-0.39, 0.29) is 23.4 Å². The number of nitrogens with zero attached hydrogens (tertiary/aromatic N) is 2. The third-order valence-electron chi connectivity index (χ3n) is 3.78.